The highest BCUT2D eigenvalue weighted by atomic mass is 19.1. The second kappa shape index (κ2) is 9.96. The fraction of sp³-hybridized carbons (Fsp3) is 0.393. The van der Waals surface area contributed by atoms with E-state index in [2.05, 4.69) is 25.0 Å². The summed E-state index contributed by atoms with van der Waals surface area (Å²) in [7, 11) is 0. The van der Waals surface area contributed by atoms with Crippen LogP contribution in [-0.4, -0.2) is 56.9 Å². The average molecular weight is 535 g/mol. The molecule has 2 aromatic carbocycles. The quantitative estimate of drug-likeness (QED) is 0.397. The standard InChI is InChI=1S/C28H28F2N6O3/c1-15(2)28-33-26(34-39-28)16-5-7-35(8-6-16)27-21-11-18(29)10-20(25(21)31-14-32-27)17-3-4-23(22(30)9-17)36-13-19(37)12-24(36)38/h3-4,9-11,14-16,19,37H,5-8,12-13H2,1-2H3/t19-/m0/s1. The van der Waals surface area contributed by atoms with Gasteiger partial charge in [-0.05, 0) is 42.7 Å². The molecule has 1 amide bonds. The molecule has 11 heteroatoms. The fourth-order valence-electron chi connectivity index (χ4n) is 5.40. The normalized spacial score (nSPS) is 18.6. The van der Waals surface area contributed by atoms with Crippen LogP contribution in [0.1, 0.15) is 56.7 Å². The number of hydrogen-bond acceptors (Lipinski definition) is 8. The molecular weight excluding hydrogens is 506 g/mol. The summed E-state index contributed by atoms with van der Waals surface area (Å²) in [6.07, 6.45) is 2.16. The van der Waals surface area contributed by atoms with Crippen LogP contribution < -0.4 is 9.80 Å². The number of nitrogens with zero attached hydrogens (tertiary/aromatic N) is 6. The summed E-state index contributed by atoms with van der Waals surface area (Å²) in [5.74, 6) is 0.840. The van der Waals surface area contributed by atoms with Crippen LogP contribution in [0.15, 0.2) is 41.2 Å². The number of fused-ring (bicyclic) bond motifs is 1. The van der Waals surface area contributed by atoms with E-state index in [1.165, 1.54) is 35.5 Å². The number of carbonyl (C=O) groups is 1. The third-order valence-corrected chi connectivity index (χ3v) is 7.45. The smallest absolute Gasteiger partial charge is 0.229 e. The average Bonchev–Trinajstić information content (AvgIpc) is 3.54. The zero-order valence-corrected chi connectivity index (χ0v) is 21.6. The van der Waals surface area contributed by atoms with Crippen LogP contribution in [-0.2, 0) is 4.79 Å². The summed E-state index contributed by atoms with van der Waals surface area (Å²) < 4.78 is 35.5. The predicted molar refractivity (Wildman–Crippen MR) is 140 cm³/mol. The van der Waals surface area contributed by atoms with Gasteiger partial charge in [-0.1, -0.05) is 25.1 Å². The van der Waals surface area contributed by atoms with Gasteiger partial charge in [0.25, 0.3) is 0 Å². The van der Waals surface area contributed by atoms with Crippen molar-refractivity contribution in [1.82, 2.24) is 20.1 Å². The summed E-state index contributed by atoms with van der Waals surface area (Å²) in [4.78, 5) is 28.9. The Labute approximate surface area is 223 Å². The van der Waals surface area contributed by atoms with Crippen molar-refractivity contribution in [2.24, 2.45) is 0 Å². The molecule has 2 aliphatic rings. The molecule has 2 fully saturated rings. The van der Waals surface area contributed by atoms with Crippen LogP contribution in [0.3, 0.4) is 0 Å². The van der Waals surface area contributed by atoms with Crippen molar-refractivity contribution in [2.45, 2.75) is 51.0 Å². The van der Waals surface area contributed by atoms with Gasteiger partial charge in [-0.15, -0.1) is 0 Å². The predicted octanol–water partition coefficient (Wildman–Crippen LogP) is 4.56. The number of aliphatic hydroxyl groups excluding tert-OH is 1. The number of aliphatic hydroxyl groups is 1. The number of β-amino-alcohol motifs (C(OH)–C–C–N with tert-alkyl or cyclic N) is 1. The number of amides is 1. The molecule has 202 valence electrons. The molecule has 1 N–H and O–H groups in total. The van der Waals surface area contributed by atoms with Crippen molar-refractivity contribution in [3.63, 3.8) is 0 Å². The molecule has 0 spiro atoms. The first kappa shape index (κ1) is 25.3. The number of hydrogen-bond donors (Lipinski definition) is 1. The van der Waals surface area contributed by atoms with E-state index in [9.17, 15) is 14.3 Å². The van der Waals surface area contributed by atoms with Crippen LogP contribution in [0.5, 0.6) is 0 Å². The number of rotatable bonds is 5. The van der Waals surface area contributed by atoms with Gasteiger partial charge in [0.05, 0.1) is 30.3 Å². The highest BCUT2D eigenvalue weighted by Gasteiger charge is 2.31. The van der Waals surface area contributed by atoms with E-state index < -0.39 is 17.7 Å². The van der Waals surface area contributed by atoms with Crippen LogP contribution in [0, 0.1) is 11.6 Å². The van der Waals surface area contributed by atoms with E-state index in [1.54, 1.807) is 6.07 Å². The van der Waals surface area contributed by atoms with Gasteiger partial charge in [-0.3, -0.25) is 4.79 Å². The van der Waals surface area contributed by atoms with Crippen molar-refractivity contribution in [3.8, 4) is 11.1 Å². The van der Waals surface area contributed by atoms with Gasteiger partial charge in [0.1, 0.15) is 23.8 Å². The molecule has 2 saturated heterocycles. The summed E-state index contributed by atoms with van der Waals surface area (Å²) in [6.45, 7) is 5.41. The minimum Gasteiger partial charge on any atom is -0.391 e. The Balaban J connectivity index is 1.29. The van der Waals surface area contributed by atoms with Crippen LogP contribution >= 0.6 is 0 Å². The van der Waals surface area contributed by atoms with Crippen molar-refractivity contribution in [2.75, 3.05) is 29.4 Å². The SMILES string of the molecule is CC(C)c1nc(C2CCN(c3ncnc4c(-c5ccc(N6C[C@@H](O)CC6=O)c(F)c5)cc(F)cc34)CC2)no1. The largest absolute Gasteiger partial charge is 0.391 e. The summed E-state index contributed by atoms with van der Waals surface area (Å²) in [5.41, 5.74) is 1.44. The molecule has 0 unspecified atom stereocenters. The number of anilines is 2. The van der Waals surface area contributed by atoms with E-state index in [-0.39, 0.29) is 36.4 Å². The van der Waals surface area contributed by atoms with Gasteiger partial charge >= 0.3 is 0 Å². The van der Waals surface area contributed by atoms with E-state index in [4.69, 9.17) is 4.52 Å². The lowest BCUT2D eigenvalue weighted by atomic mass is 9.95. The Kier molecular flexibility index (Phi) is 6.46. The minimum atomic E-state index is -0.825. The number of carbonyl (C=O) groups excluding carboxylic acids is 1. The van der Waals surface area contributed by atoms with Crippen molar-refractivity contribution < 1.29 is 23.2 Å². The van der Waals surface area contributed by atoms with Gasteiger partial charge in [0.15, 0.2) is 5.82 Å². The highest BCUT2D eigenvalue weighted by molar-refractivity contribution is 6.00. The number of benzene rings is 2. The van der Waals surface area contributed by atoms with Gasteiger partial charge in [0, 0.05) is 35.9 Å². The monoisotopic (exact) mass is 534 g/mol. The Bertz CT molecular complexity index is 1550. The Morgan fingerprint density at radius 3 is 2.56 bits per heavy atom. The van der Waals surface area contributed by atoms with Crippen molar-refractivity contribution in [3.05, 3.63) is 60.0 Å². The Morgan fingerprint density at radius 1 is 1.10 bits per heavy atom. The molecule has 0 saturated carbocycles. The zero-order chi connectivity index (χ0) is 27.3. The fourth-order valence-corrected chi connectivity index (χ4v) is 5.40. The van der Waals surface area contributed by atoms with Crippen LogP contribution in [0.25, 0.3) is 22.0 Å². The molecule has 0 aliphatic carbocycles. The first-order valence-corrected chi connectivity index (χ1v) is 13.1. The summed E-state index contributed by atoms with van der Waals surface area (Å²) in [6, 6.07) is 7.11. The zero-order valence-electron chi connectivity index (χ0n) is 21.6. The molecule has 0 bridgehead atoms. The topological polar surface area (TPSA) is 108 Å². The van der Waals surface area contributed by atoms with E-state index in [0.717, 1.165) is 18.7 Å². The molecular formula is C28H28F2N6O3. The minimum absolute atomic E-state index is 0.0386. The molecule has 39 heavy (non-hydrogen) atoms. The molecule has 0 radical (unpaired) electrons. The second-order valence-electron chi connectivity index (χ2n) is 10.5. The molecule has 2 aromatic heterocycles. The highest BCUT2D eigenvalue weighted by Crippen LogP contribution is 2.37. The third-order valence-electron chi connectivity index (χ3n) is 7.45. The van der Waals surface area contributed by atoms with E-state index in [0.29, 0.717) is 46.8 Å². The lowest BCUT2D eigenvalue weighted by molar-refractivity contribution is -0.117. The molecule has 2 aliphatic heterocycles. The maximum atomic E-state index is 15.2. The molecule has 9 nitrogen and oxygen atoms in total. The van der Waals surface area contributed by atoms with E-state index >= 15 is 4.39 Å². The lowest BCUT2D eigenvalue weighted by Crippen LogP contribution is -2.34. The number of piperidine rings is 1. The van der Waals surface area contributed by atoms with Gasteiger partial charge in [-0.2, -0.15) is 4.98 Å². The molecule has 1 atom stereocenters. The second-order valence-corrected chi connectivity index (χ2v) is 10.5. The van der Waals surface area contributed by atoms with Gasteiger partial charge in [0.2, 0.25) is 11.8 Å². The number of aromatic nitrogens is 4. The molecule has 6 rings (SSSR count). The maximum Gasteiger partial charge on any atom is 0.229 e. The van der Waals surface area contributed by atoms with Gasteiger partial charge in [-0.25, -0.2) is 18.7 Å². The number of halogens is 2. The van der Waals surface area contributed by atoms with Crippen molar-refractivity contribution in [1.29, 1.82) is 0 Å². The summed E-state index contributed by atoms with van der Waals surface area (Å²) >= 11 is 0. The van der Waals surface area contributed by atoms with Crippen molar-refractivity contribution >= 4 is 28.3 Å². The lowest BCUT2D eigenvalue weighted by Gasteiger charge is -2.32. The molecule has 4 heterocycles. The Hall–Kier alpha value is -3.99. The summed E-state index contributed by atoms with van der Waals surface area (Å²) in [5, 5.41) is 14.5. The van der Waals surface area contributed by atoms with E-state index in [1.807, 2.05) is 13.8 Å². The third kappa shape index (κ3) is 4.71. The maximum absolute atomic E-state index is 15.2. The van der Waals surface area contributed by atoms with Crippen LogP contribution in [0.4, 0.5) is 20.3 Å². The van der Waals surface area contributed by atoms with Gasteiger partial charge < -0.3 is 19.4 Å². The first-order valence-electron chi connectivity index (χ1n) is 13.1. The van der Waals surface area contributed by atoms with Crippen LogP contribution in [0.2, 0.25) is 0 Å². The first-order chi connectivity index (χ1) is 18.8. The molecule has 4 aromatic rings. The Morgan fingerprint density at radius 2 is 1.90 bits per heavy atom.